The Bertz CT molecular complexity index is 1150. The maximum atomic E-state index is 12.2. The number of hydrogen-bond donors (Lipinski definition) is 2. The van der Waals surface area contributed by atoms with Gasteiger partial charge >= 0.3 is 5.69 Å². The minimum atomic E-state index is -0.634. The second-order valence-electron chi connectivity index (χ2n) is 5.66. The number of hydrogen-bond acceptors (Lipinski definition) is 4. The van der Waals surface area contributed by atoms with Gasteiger partial charge in [-0.25, -0.2) is 9.78 Å². The van der Waals surface area contributed by atoms with Crippen molar-refractivity contribution in [2.45, 2.75) is 13.8 Å². The van der Waals surface area contributed by atoms with Crippen molar-refractivity contribution in [2.24, 2.45) is 7.05 Å². The predicted molar refractivity (Wildman–Crippen MR) is 93.1 cm³/mol. The van der Waals surface area contributed by atoms with Gasteiger partial charge < -0.3 is 4.98 Å². The van der Waals surface area contributed by atoms with E-state index in [-0.39, 0.29) is 16.9 Å². The number of nitrogens with one attached hydrogen (secondary N) is 2. The van der Waals surface area contributed by atoms with Gasteiger partial charge in [-0.05, 0) is 31.1 Å². The molecule has 0 aliphatic carbocycles. The van der Waals surface area contributed by atoms with Gasteiger partial charge in [-0.3, -0.25) is 19.1 Å². The van der Waals surface area contributed by atoms with Gasteiger partial charge in [-0.2, -0.15) is 0 Å². The van der Waals surface area contributed by atoms with Crippen LogP contribution in [-0.2, 0) is 7.05 Å². The van der Waals surface area contributed by atoms with Gasteiger partial charge in [0.2, 0.25) is 0 Å². The van der Waals surface area contributed by atoms with E-state index in [1.165, 1.54) is 7.05 Å². The molecule has 0 saturated carbocycles. The summed E-state index contributed by atoms with van der Waals surface area (Å²) in [5.74, 6) is 0. The molecule has 3 aromatic rings. The first-order valence-electron chi connectivity index (χ1n) is 7.35. The monoisotopic (exact) mass is 324 g/mol. The minimum Gasteiger partial charge on any atom is -0.305 e. The molecule has 122 valence electrons. The lowest BCUT2D eigenvalue weighted by Crippen LogP contribution is -2.31. The molecule has 0 radical (unpaired) electrons. The SMILES string of the molecule is Cc1ccc(C=Cc2nc3c(=O)[nH]c(=O)n(C)c3[nH]c2=O)c(C)c1. The summed E-state index contributed by atoms with van der Waals surface area (Å²) in [4.78, 5) is 44.5. The second kappa shape index (κ2) is 5.77. The average molecular weight is 324 g/mol. The summed E-state index contributed by atoms with van der Waals surface area (Å²) in [6, 6.07) is 5.97. The zero-order valence-electron chi connectivity index (χ0n) is 13.5. The molecule has 2 aromatic heterocycles. The van der Waals surface area contributed by atoms with Crippen molar-refractivity contribution in [3.8, 4) is 0 Å². The van der Waals surface area contributed by atoms with E-state index in [9.17, 15) is 14.4 Å². The Morgan fingerprint density at radius 1 is 1.04 bits per heavy atom. The van der Waals surface area contributed by atoms with Gasteiger partial charge in [0.15, 0.2) is 5.52 Å². The maximum Gasteiger partial charge on any atom is 0.329 e. The Hall–Kier alpha value is -3.22. The first-order valence-corrected chi connectivity index (χ1v) is 7.35. The molecule has 1 aromatic carbocycles. The van der Waals surface area contributed by atoms with E-state index in [1.54, 1.807) is 12.2 Å². The molecule has 0 atom stereocenters. The summed E-state index contributed by atoms with van der Waals surface area (Å²) < 4.78 is 1.14. The lowest BCUT2D eigenvalue weighted by Gasteiger charge is -2.04. The van der Waals surface area contributed by atoms with E-state index in [0.29, 0.717) is 0 Å². The van der Waals surface area contributed by atoms with E-state index in [4.69, 9.17) is 0 Å². The maximum absolute atomic E-state index is 12.2. The van der Waals surface area contributed by atoms with Crippen molar-refractivity contribution < 1.29 is 0 Å². The fourth-order valence-electron chi connectivity index (χ4n) is 2.49. The van der Waals surface area contributed by atoms with Crippen LogP contribution >= 0.6 is 0 Å². The van der Waals surface area contributed by atoms with Crippen LogP contribution in [0.2, 0.25) is 0 Å². The molecule has 0 fully saturated rings. The first-order chi connectivity index (χ1) is 11.4. The smallest absolute Gasteiger partial charge is 0.305 e. The second-order valence-corrected chi connectivity index (χ2v) is 5.66. The van der Waals surface area contributed by atoms with Crippen LogP contribution in [0.4, 0.5) is 0 Å². The zero-order valence-corrected chi connectivity index (χ0v) is 13.5. The van der Waals surface area contributed by atoms with E-state index < -0.39 is 16.8 Å². The van der Waals surface area contributed by atoms with Crippen molar-refractivity contribution in [3.63, 3.8) is 0 Å². The molecule has 2 N–H and O–H groups in total. The van der Waals surface area contributed by atoms with Crippen molar-refractivity contribution in [2.75, 3.05) is 0 Å². The Labute approximate surface area is 136 Å². The fraction of sp³-hybridized carbons (Fsp3) is 0.176. The molecule has 0 saturated heterocycles. The molecule has 0 aliphatic rings. The highest BCUT2D eigenvalue weighted by atomic mass is 16.2. The molecule has 0 unspecified atom stereocenters. The Morgan fingerprint density at radius 3 is 2.50 bits per heavy atom. The number of aromatic nitrogens is 4. The van der Waals surface area contributed by atoms with E-state index >= 15 is 0 Å². The van der Waals surface area contributed by atoms with Crippen molar-refractivity contribution in [3.05, 3.63) is 71.8 Å². The Balaban J connectivity index is 2.15. The summed E-state index contributed by atoms with van der Waals surface area (Å²) in [6.45, 7) is 3.98. The summed E-state index contributed by atoms with van der Waals surface area (Å²) in [7, 11) is 1.45. The number of fused-ring (bicyclic) bond motifs is 1. The fourth-order valence-corrected chi connectivity index (χ4v) is 2.49. The first kappa shape index (κ1) is 15.7. The van der Waals surface area contributed by atoms with Crippen LogP contribution in [0.3, 0.4) is 0 Å². The van der Waals surface area contributed by atoms with Crippen LogP contribution in [0.5, 0.6) is 0 Å². The molecular formula is C17H16N4O3. The minimum absolute atomic E-state index is 0.0111. The van der Waals surface area contributed by atoms with Gasteiger partial charge in [-0.15, -0.1) is 0 Å². The van der Waals surface area contributed by atoms with E-state index in [1.807, 2.05) is 32.0 Å². The number of rotatable bonds is 2. The van der Waals surface area contributed by atoms with E-state index in [2.05, 4.69) is 15.0 Å². The molecule has 0 aliphatic heterocycles. The van der Waals surface area contributed by atoms with Gasteiger partial charge in [-0.1, -0.05) is 29.8 Å². The summed E-state index contributed by atoms with van der Waals surface area (Å²) in [5.41, 5.74) is 1.68. The van der Waals surface area contributed by atoms with Crippen LogP contribution in [0.25, 0.3) is 23.3 Å². The third kappa shape index (κ3) is 2.71. The molecule has 24 heavy (non-hydrogen) atoms. The topological polar surface area (TPSA) is 101 Å². The van der Waals surface area contributed by atoms with Gasteiger partial charge in [0.25, 0.3) is 11.1 Å². The van der Waals surface area contributed by atoms with Gasteiger partial charge in [0.1, 0.15) is 11.3 Å². The van der Waals surface area contributed by atoms with E-state index in [0.717, 1.165) is 21.3 Å². The van der Waals surface area contributed by atoms with Crippen molar-refractivity contribution in [1.82, 2.24) is 19.5 Å². The molecule has 0 spiro atoms. The predicted octanol–water partition coefficient (Wildman–Crippen LogP) is 1.10. The summed E-state index contributed by atoms with van der Waals surface area (Å²) in [6.07, 6.45) is 3.33. The highest BCUT2D eigenvalue weighted by Crippen LogP contribution is 2.13. The highest BCUT2D eigenvalue weighted by molar-refractivity contribution is 5.74. The van der Waals surface area contributed by atoms with Crippen LogP contribution in [0.15, 0.2) is 32.6 Å². The number of H-pyrrole nitrogens is 2. The van der Waals surface area contributed by atoms with Crippen LogP contribution in [0, 0.1) is 13.8 Å². The average Bonchev–Trinajstić information content (AvgIpc) is 2.52. The summed E-state index contributed by atoms with van der Waals surface area (Å²) >= 11 is 0. The lowest BCUT2D eigenvalue weighted by atomic mass is 10.1. The molecule has 0 bridgehead atoms. The van der Waals surface area contributed by atoms with Gasteiger partial charge in [0.05, 0.1) is 0 Å². The molecule has 0 amide bonds. The standard InChI is InChI=1S/C17H16N4O3/c1-9-4-5-11(10(2)8-9)6-7-12-15(22)19-14-13(18-12)16(23)20-17(24)21(14)3/h4-8H,1-3H3,(H,19,22)(H,20,23,24). The highest BCUT2D eigenvalue weighted by Gasteiger charge is 2.09. The third-order valence-corrected chi connectivity index (χ3v) is 3.84. The van der Waals surface area contributed by atoms with Crippen molar-refractivity contribution >= 4 is 23.3 Å². The largest absolute Gasteiger partial charge is 0.329 e. The molecule has 2 heterocycles. The quantitative estimate of drug-likeness (QED) is 0.737. The lowest BCUT2D eigenvalue weighted by molar-refractivity contribution is 0.820. The third-order valence-electron chi connectivity index (χ3n) is 3.84. The number of aryl methyl sites for hydroxylation is 3. The Kier molecular flexibility index (Phi) is 3.76. The molecule has 7 heteroatoms. The number of benzene rings is 1. The summed E-state index contributed by atoms with van der Waals surface area (Å²) in [5, 5.41) is 0. The molecule has 7 nitrogen and oxygen atoms in total. The zero-order chi connectivity index (χ0) is 17.4. The Morgan fingerprint density at radius 2 is 1.79 bits per heavy atom. The van der Waals surface area contributed by atoms with Crippen LogP contribution in [-0.4, -0.2) is 19.5 Å². The van der Waals surface area contributed by atoms with Crippen molar-refractivity contribution in [1.29, 1.82) is 0 Å². The van der Waals surface area contributed by atoms with Crippen LogP contribution in [0.1, 0.15) is 22.4 Å². The number of aromatic amines is 2. The molecular weight excluding hydrogens is 308 g/mol. The normalized spacial score (nSPS) is 11.5. The number of nitrogens with zero attached hydrogens (tertiary/aromatic N) is 2. The molecule has 3 rings (SSSR count). The van der Waals surface area contributed by atoms with Gasteiger partial charge in [0, 0.05) is 7.05 Å². The van der Waals surface area contributed by atoms with Crippen LogP contribution < -0.4 is 16.8 Å².